The lowest BCUT2D eigenvalue weighted by Crippen LogP contribution is -2.56. The number of urea groups is 1. The third kappa shape index (κ3) is 13.1. The molecule has 1 aromatic carbocycles. The number of nitrogens with one attached hydrogen (secondary N) is 10. The fourth-order valence-corrected chi connectivity index (χ4v) is 8.59. The lowest BCUT2D eigenvalue weighted by Gasteiger charge is -2.25. The number of carbonyl (C=O) groups is 6. The molecule has 4 rings (SSSR count). The molecular formula is C37H54N14O6S2. The highest BCUT2D eigenvalue weighted by Crippen LogP contribution is 2.25. The molecule has 14 N–H and O–H groups in total. The van der Waals surface area contributed by atoms with Gasteiger partial charge < -0.3 is 58.7 Å². The normalized spacial score (nSPS) is 16.3. The summed E-state index contributed by atoms with van der Waals surface area (Å²) in [7, 11) is 5.86. The molecule has 0 bridgehead atoms. The number of imidazole rings is 1. The molecule has 320 valence electrons. The highest BCUT2D eigenvalue weighted by atomic mass is 33.1. The summed E-state index contributed by atoms with van der Waals surface area (Å²) < 4.78 is 0. The largest absolute Gasteiger partial charge is 0.390 e. The minimum absolute atomic E-state index is 0.0771. The molecule has 0 saturated carbocycles. The predicted octanol–water partition coefficient (Wildman–Crippen LogP) is -0.719. The van der Waals surface area contributed by atoms with E-state index in [-0.39, 0.29) is 24.6 Å². The number of fused-ring (bicyclic) bond motifs is 1. The van der Waals surface area contributed by atoms with Crippen LogP contribution < -0.4 is 48.7 Å². The van der Waals surface area contributed by atoms with Gasteiger partial charge in [0.05, 0.1) is 18.4 Å². The number of guanidine groups is 1. The molecule has 1 fully saturated rings. The monoisotopic (exact) mass is 854 g/mol. The summed E-state index contributed by atoms with van der Waals surface area (Å²) in [5.41, 5.74) is 14.0. The molecular weight excluding hydrogens is 801 g/mol. The summed E-state index contributed by atoms with van der Waals surface area (Å²) in [6, 6.07) is 1.53. The van der Waals surface area contributed by atoms with Gasteiger partial charge in [-0.2, -0.15) is 0 Å². The summed E-state index contributed by atoms with van der Waals surface area (Å²) in [5, 5.41) is 27.8. The first-order chi connectivity index (χ1) is 28.2. The maximum Gasteiger partial charge on any atom is 0.325 e. The molecule has 0 unspecified atom stereocenters. The first-order valence-electron chi connectivity index (χ1n) is 19.0. The van der Waals surface area contributed by atoms with Gasteiger partial charge in [0, 0.05) is 72.6 Å². The Hall–Kier alpha value is -5.74. The summed E-state index contributed by atoms with van der Waals surface area (Å²) >= 11 is 0. The van der Waals surface area contributed by atoms with Gasteiger partial charge in [-0.1, -0.05) is 46.4 Å². The van der Waals surface area contributed by atoms with Crippen LogP contribution in [0.25, 0.3) is 10.9 Å². The highest BCUT2D eigenvalue weighted by Gasteiger charge is 2.43. The number of likely N-dealkylation sites (N-methyl/N-ethyl adjacent to an activating group) is 2. The number of amides is 7. The van der Waals surface area contributed by atoms with Crippen molar-refractivity contribution in [3.8, 4) is 0 Å². The predicted molar refractivity (Wildman–Crippen MR) is 228 cm³/mol. The second kappa shape index (κ2) is 22.4. The number of hydrogen-bond acceptors (Lipinski definition) is 12. The number of imide groups is 1. The van der Waals surface area contributed by atoms with Gasteiger partial charge >= 0.3 is 6.03 Å². The average Bonchev–Trinajstić information content (AvgIpc) is 3.94. The van der Waals surface area contributed by atoms with Crippen LogP contribution >= 0.6 is 21.6 Å². The zero-order valence-electron chi connectivity index (χ0n) is 33.2. The van der Waals surface area contributed by atoms with Gasteiger partial charge in [0.2, 0.25) is 23.6 Å². The zero-order chi connectivity index (χ0) is 43.1. The van der Waals surface area contributed by atoms with Crippen LogP contribution in [0.2, 0.25) is 0 Å². The minimum atomic E-state index is -1.10. The van der Waals surface area contributed by atoms with E-state index in [4.69, 9.17) is 16.9 Å². The maximum absolute atomic E-state index is 13.8. The van der Waals surface area contributed by atoms with E-state index in [1.807, 2.05) is 24.3 Å². The lowest BCUT2D eigenvalue weighted by atomic mass is 10.0. The van der Waals surface area contributed by atoms with Gasteiger partial charge in [0.15, 0.2) is 5.96 Å². The molecule has 20 nitrogen and oxygen atoms in total. The second-order valence-electron chi connectivity index (χ2n) is 13.8. The van der Waals surface area contributed by atoms with Gasteiger partial charge in [0.1, 0.15) is 24.2 Å². The number of aromatic amines is 2. The number of aromatic nitrogens is 3. The Morgan fingerprint density at radius 1 is 0.966 bits per heavy atom. The van der Waals surface area contributed by atoms with E-state index in [1.165, 1.54) is 34.8 Å². The van der Waals surface area contributed by atoms with E-state index >= 15 is 0 Å². The standard InChI is InChI=1S/C37H54N14O6S2/c1-20(41-3)28(15-23-17-43-19-46-23)47-32(53)21(2)51-35(56)27(50-37(51)57)11-13-58-59-18-30(31(38)52)49-34(55)29(14-22-16-45-25-9-6-5-8-24(22)25)48-33(54)26(42-4)10-7-12-44-36(39)40/h5-6,8-9,16-17,19,21,26-30,41-42,45H,1,7,10-15,18H2,2-4H3,(H2,38,52)(H,43,46)(H,47,53)(H,48,54)(H,49,55)(H,50,57)(H4,39,40,44)/t21-,26+,27+,28+,29+,30+/m1/s1. The number of nitrogens with zero attached hydrogens (tertiary/aromatic N) is 2. The van der Waals surface area contributed by atoms with Gasteiger partial charge in [-0.3, -0.25) is 34.3 Å². The van der Waals surface area contributed by atoms with Crippen molar-refractivity contribution < 1.29 is 28.8 Å². The number of rotatable bonds is 25. The Kier molecular flexibility index (Phi) is 17.5. The number of para-hydroxylation sites is 1. The lowest BCUT2D eigenvalue weighted by molar-refractivity contribution is -0.135. The van der Waals surface area contributed by atoms with Crippen LogP contribution in [-0.2, 0) is 36.8 Å². The van der Waals surface area contributed by atoms with Gasteiger partial charge in [0.25, 0.3) is 5.91 Å². The summed E-state index contributed by atoms with van der Waals surface area (Å²) in [4.78, 5) is 90.2. The van der Waals surface area contributed by atoms with Crippen LogP contribution in [0.5, 0.6) is 0 Å². The molecule has 1 aliphatic rings. The van der Waals surface area contributed by atoms with Crippen LogP contribution in [0.4, 0.5) is 4.79 Å². The van der Waals surface area contributed by atoms with Crippen molar-refractivity contribution in [3.63, 3.8) is 0 Å². The van der Waals surface area contributed by atoms with E-state index in [2.05, 4.69) is 58.7 Å². The molecule has 7 amide bonds. The number of benzene rings is 1. The Morgan fingerprint density at radius 2 is 1.68 bits per heavy atom. The van der Waals surface area contributed by atoms with Crippen molar-refractivity contribution in [1.82, 2.24) is 57.1 Å². The molecule has 2 aromatic heterocycles. The summed E-state index contributed by atoms with van der Waals surface area (Å²) in [6.07, 6.45) is 6.54. The van der Waals surface area contributed by atoms with Crippen molar-refractivity contribution in [2.75, 3.05) is 32.1 Å². The smallest absolute Gasteiger partial charge is 0.325 e. The number of primary amides is 1. The van der Waals surface area contributed by atoms with Gasteiger partial charge in [-0.15, -0.1) is 0 Å². The molecule has 1 saturated heterocycles. The minimum Gasteiger partial charge on any atom is -0.390 e. The van der Waals surface area contributed by atoms with Crippen LogP contribution in [0.15, 0.2) is 55.3 Å². The van der Waals surface area contributed by atoms with Crippen molar-refractivity contribution in [1.29, 1.82) is 5.41 Å². The topological polar surface area (TPSA) is 310 Å². The molecule has 59 heavy (non-hydrogen) atoms. The first-order valence-corrected chi connectivity index (χ1v) is 21.4. The molecule has 1 aliphatic heterocycles. The highest BCUT2D eigenvalue weighted by molar-refractivity contribution is 8.76. The molecule has 0 radical (unpaired) electrons. The van der Waals surface area contributed by atoms with Crippen LogP contribution in [0, 0.1) is 5.41 Å². The van der Waals surface area contributed by atoms with Crippen molar-refractivity contribution in [2.24, 2.45) is 11.5 Å². The Bertz CT molecular complexity index is 1960. The summed E-state index contributed by atoms with van der Waals surface area (Å²) in [6.45, 7) is 5.82. The Labute approximate surface area is 349 Å². The van der Waals surface area contributed by atoms with E-state index in [0.29, 0.717) is 37.3 Å². The van der Waals surface area contributed by atoms with E-state index in [1.54, 1.807) is 26.5 Å². The number of hydrogen-bond donors (Lipinski definition) is 12. The van der Waals surface area contributed by atoms with Crippen molar-refractivity contribution in [2.45, 2.75) is 75.3 Å². The van der Waals surface area contributed by atoms with Crippen molar-refractivity contribution >= 4 is 74.0 Å². The number of carbonyl (C=O) groups excluding carboxylic acids is 6. The van der Waals surface area contributed by atoms with Crippen molar-refractivity contribution in [3.05, 3.63) is 66.5 Å². The number of nitrogens with two attached hydrogens (primary N) is 2. The molecule has 6 atom stereocenters. The molecule has 0 aliphatic carbocycles. The fourth-order valence-electron chi connectivity index (χ4n) is 6.32. The maximum atomic E-state index is 13.8. The molecule has 0 spiro atoms. The molecule has 22 heteroatoms. The first kappa shape index (κ1) is 46.0. The third-order valence-electron chi connectivity index (χ3n) is 9.71. The van der Waals surface area contributed by atoms with Gasteiger partial charge in [-0.05, 0) is 44.9 Å². The van der Waals surface area contributed by atoms with E-state index in [0.717, 1.165) is 27.1 Å². The van der Waals surface area contributed by atoms with E-state index in [9.17, 15) is 28.8 Å². The van der Waals surface area contributed by atoms with Crippen LogP contribution in [0.1, 0.15) is 37.4 Å². The Morgan fingerprint density at radius 3 is 2.36 bits per heavy atom. The second-order valence-corrected chi connectivity index (χ2v) is 16.4. The van der Waals surface area contributed by atoms with Crippen LogP contribution in [0.3, 0.4) is 0 Å². The summed E-state index contributed by atoms with van der Waals surface area (Å²) in [5.74, 6) is -2.61. The average molecular weight is 855 g/mol. The zero-order valence-corrected chi connectivity index (χ0v) is 34.8. The quantitative estimate of drug-likeness (QED) is 0.0165. The molecule has 3 heterocycles. The third-order valence-corrected chi connectivity index (χ3v) is 12.2. The fraction of sp³-hybridized carbons (Fsp3) is 0.459. The SMILES string of the molecule is C=C(NC)[C@H](Cc1cnc[nH]1)NC(=O)[C@@H](C)N1C(=O)N[C@@H](CCSSC[C@H](NC(=O)[C@H](Cc2c[nH]c3ccccc23)NC(=O)[C@H](CCCNC(=N)N)NC)C(N)=O)C1=O. The molecule has 3 aromatic rings. The van der Waals surface area contributed by atoms with E-state index < -0.39 is 71.8 Å². The Balaban J connectivity index is 1.31. The van der Waals surface area contributed by atoms with Crippen LogP contribution in [-0.4, -0.2) is 130 Å². The number of H-pyrrole nitrogens is 2. The van der Waals surface area contributed by atoms with Gasteiger partial charge in [-0.25, -0.2) is 9.78 Å².